The van der Waals surface area contributed by atoms with Crippen molar-refractivity contribution in [1.29, 1.82) is 0 Å². The molecule has 3 aromatic rings. The Bertz CT molecular complexity index is 1290. The van der Waals surface area contributed by atoms with Crippen molar-refractivity contribution in [2.75, 3.05) is 18.6 Å². The molecule has 0 radical (unpaired) electrons. The number of hydrogen-bond acceptors (Lipinski definition) is 5. The fraction of sp³-hybridized carbons (Fsp3) is 0.214. The maximum absolute atomic E-state index is 13.4. The van der Waals surface area contributed by atoms with E-state index in [-0.39, 0.29) is 11.3 Å². The molecule has 0 saturated carbocycles. The van der Waals surface area contributed by atoms with Gasteiger partial charge in [0.25, 0.3) is 11.7 Å². The quantitative estimate of drug-likeness (QED) is 0.307. The van der Waals surface area contributed by atoms with Crippen LogP contribution in [0.2, 0.25) is 0 Å². The fourth-order valence-corrected chi connectivity index (χ4v) is 4.24. The average molecular weight is 458 g/mol. The smallest absolute Gasteiger partial charge is 0.300 e. The summed E-state index contributed by atoms with van der Waals surface area (Å²) in [7, 11) is 1.56. The molecule has 6 nitrogen and oxygen atoms in total. The molecule has 1 atom stereocenters. The molecule has 34 heavy (non-hydrogen) atoms. The van der Waals surface area contributed by atoms with Crippen LogP contribution in [0.4, 0.5) is 5.69 Å². The molecule has 0 bridgehead atoms. The number of Topliss-reactive ketones (excluding diaryl/α,β-unsaturated/α-hetero) is 1. The normalized spacial score (nSPS) is 17.2. The molecule has 0 aliphatic carbocycles. The first-order valence-corrected chi connectivity index (χ1v) is 11.1. The summed E-state index contributed by atoms with van der Waals surface area (Å²) < 4.78 is 10.9. The van der Waals surface area contributed by atoms with Crippen molar-refractivity contribution in [3.63, 3.8) is 0 Å². The van der Waals surface area contributed by atoms with E-state index < -0.39 is 17.7 Å². The molecule has 1 aliphatic rings. The Morgan fingerprint density at radius 2 is 1.71 bits per heavy atom. The van der Waals surface area contributed by atoms with Crippen molar-refractivity contribution < 1.29 is 24.2 Å². The number of nitrogens with zero attached hydrogens (tertiary/aromatic N) is 1. The van der Waals surface area contributed by atoms with Gasteiger partial charge in [0.05, 0.1) is 25.3 Å². The van der Waals surface area contributed by atoms with E-state index in [1.807, 2.05) is 45.0 Å². The van der Waals surface area contributed by atoms with Gasteiger partial charge in [-0.25, -0.2) is 0 Å². The van der Waals surface area contributed by atoms with E-state index in [4.69, 9.17) is 9.47 Å². The Morgan fingerprint density at radius 1 is 0.971 bits per heavy atom. The minimum Gasteiger partial charge on any atom is -0.507 e. The molecular formula is C28H27NO5. The monoisotopic (exact) mass is 457 g/mol. The molecule has 1 amide bonds. The van der Waals surface area contributed by atoms with Crippen LogP contribution in [-0.2, 0) is 9.59 Å². The molecule has 174 valence electrons. The molecule has 1 N–H and O–H groups in total. The van der Waals surface area contributed by atoms with Gasteiger partial charge in [-0.15, -0.1) is 0 Å². The third-order valence-electron chi connectivity index (χ3n) is 5.90. The lowest BCUT2D eigenvalue weighted by molar-refractivity contribution is -0.132. The van der Waals surface area contributed by atoms with Gasteiger partial charge in [-0.2, -0.15) is 0 Å². The Morgan fingerprint density at radius 3 is 2.44 bits per heavy atom. The number of carbonyl (C=O) groups excluding carboxylic acids is 2. The largest absolute Gasteiger partial charge is 0.507 e. The SMILES string of the molecule is CCOc1cccc(/C(O)=C2\C(=O)C(=O)N(c3cc(C)ccc3C)C2c2cccc(OC)c2)c1. The Labute approximate surface area is 199 Å². The summed E-state index contributed by atoms with van der Waals surface area (Å²) >= 11 is 0. The van der Waals surface area contributed by atoms with Gasteiger partial charge in [0, 0.05) is 11.3 Å². The van der Waals surface area contributed by atoms with E-state index in [0.29, 0.717) is 34.9 Å². The van der Waals surface area contributed by atoms with Crippen molar-refractivity contribution in [3.05, 3.63) is 94.6 Å². The van der Waals surface area contributed by atoms with Gasteiger partial charge in [-0.3, -0.25) is 14.5 Å². The molecule has 0 aromatic heterocycles. The molecular weight excluding hydrogens is 430 g/mol. The second kappa shape index (κ2) is 9.43. The van der Waals surface area contributed by atoms with Gasteiger partial charge < -0.3 is 14.6 Å². The standard InChI is InChI=1S/C28H27NO5/c1-5-34-22-11-7-9-20(16-22)26(30)24-25(19-8-6-10-21(15-19)33-4)29(28(32)27(24)31)23-14-17(2)12-13-18(23)3/h6-16,25,30H,5H2,1-4H3/b26-24+. The summed E-state index contributed by atoms with van der Waals surface area (Å²) in [5.41, 5.74) is 3.50. The van der Waals surface area contributed by atoms with Gasteiger partial charge in [0.15, 0.2) is 0 Å². The zero-order valence-electron chi connectivity index (χ0n) is 19.7. The second-order valence-electron chi connectivity index (χ2n) is 8.20. The highest BCUT2D eigenvalue weighted by atomic mass is 16.5. The molecule has 1 unspecified atom stereocenters. The maximum atomic E-state index is 13.4. The number of carbonyl (C=O) groups is 2. The summed E-state index contributed by atoms with van der Waals surface area (Å²) in [4.78, 5) is 28.2. The Balaban J connectivity index is 1.97. The van der Waals surface area contributed by atoms with Gasteiger partial charge in [-0.1, -0.05) is 36.4 Å². The van der Waals surface area contributed by atoms with E-state index >= 15 is 0 Å². The molecule has 1 saturated heterocycles. The van der Waals surface area contributed by atoms with Crippen molar-refractivity contribution in [2.24, 2.45) is 0 Å². The lowest BCUT2D eigenvalue weighted by Crippen LogP contribution is -2.30. The minimum absolute atomic E-state index is 0.0211. The van der Waals surface area contributed by atoms with Crippen LogP contribution >= 0.6 is 0 Å². The van der Waals surface area contributed by atoms with Gasteiger partial charge >= 0.3 is 0 Å². The molecule has 3 aromatic carbocycles. The van der Waals surface area contributed by atoms with Crippen molar-refractivity contribution in [1.82, 2.24) is 0 Å². The van der Waals surface area contributed by atoms with Crippen LogP contribution in [0.25, 0.3) is 5.76 Å². The summed E-state index contributed by atoms with van der Waals surface area (Å²) in [5.74, 6) is -0.534. The van der Waals surface area contributed by atoms with Crippen LogP contribution in [0.3, 0.4) is 0 Å². The predicted molar refractivity (Wildman–Crippen MR) is 131 cm³/mol. The Hall–Kier alpha value is -4.06. The van der Waals surface area contributed by atoms with Crippen LogP contribution in [0, 0.1) is 13.8 Å². The molecule has 1 fully saturated rings. The molecule has 0 spiro atoms. The number of rotatable bonds is 6. The van der Waals surface area contributed by atoms with Crippen molar-refractivity contribution in [3.8, 4) is 11.5 Å². The van der Waals surface area contributed by atoms with Crippen LogP contribution in [0.5, 0.6) is 11.5 Å². The average Bonchev–Trinajstić information content (AvgIpc) is 3.11. The fourth-order valence-electron chi connectivity index (χ4n) is 4.24. The number of ketones is 1. The number of anilines is 1. The Kier molecular flexibility index (Phi) is 6.41. The van der Waals surface area contributed by atoms with E-state index in [0.717, 1.165) is 11.1 Å². The highest BCUT2D eigenvalue weighted by Crippen LogP contribution is 2.44. The van der Waals surface area contributed by atoms with Gasteiger partial charge in [0.1, 0.15) is 17.3 Å². The summed E-state index contributed by atoms with van der Waals surface area (Å²) in [5, 5.41) is 11.3. The number of benzene rings is 3. The van der Waals surface area contributed by atoms with Gasteiger partial charge in [-0.05, 0) is 67.8 Å². The highest BCUT2D eigenvalue weighted by molar-refractivity contribution is 6.51. The third-order valence-corrected chi connectivity index (χ3v) is 5.90. The summed E-state index contributed by atoms with van der Waals surface area (Å²) in [6.07, 6.45) is 0. The lowest BCUT2D eigenvalue weighted by Gasteiger charge is -2.27. The first-order valence-electron chi connectivity index (χ1n) is 11.1. The number of methoxy groups -OCH3 is 1. The van der Waals surface area contributed by atoms with E-state index in [1.54, 1.807) is 49.6 Å². The van der Waals surface area contributed by atoms with Crippen LogP contribution in [0.15, 0.2) is 72.3 Å². The highest BCUT2D eigenvalue weighted by Gasteiger charge is 2.47. The first-order chi connectivity index (χ1) is 16.3. The second-order valence-corrected chi connectivity index (χ2v) is 8.20. The molecule has 4 rings (SSSR count). The summed E-state index contributed by atoms with van der Waals surface area (Å²) in [6.45, 7) is 6.15. The van der Waals surface area contributed by atoms with Crippen molar-refractivity contribution in [2.45, 2.75) is 26.8 Å². The summed E-state index contributed by atoms with van der Waals surface area (Å²) in [6, 6.07) is 19.0. The number of aliphatic hydroxyl groups is 1. The lowest BCUT2D eigenvalue weighted by atomic mass is 9.94. The van der Waals surface area contributed by atoms with Crippen LogP contribution < -0.4 is 14.4 Å². The van der Waals surface area contributed by atoms with E-state index in [1.165, 1.54) is 4.90 Å². The number of aliphatic hydroxyl groups excluding tert-OH is 1. The predicted octanol–water partition coefficient (Wildman–Crippen LogP) is 5.34. The maximum Gasteiger partial charge on any atom is 0.300 e. The number of aryl methyl sites for hydroxylation is 2. The third kappa shape index (κ3) is 4.15. The number of ether oxygens (including phenoxy) is 2. The van der Waals surface area contributed by atoms with E-state index in [2.05, 4.69) is 0 Å². The topological polar surface area (TPSA) is 76.1 Å². The molecule has 6 heteroatoms. The zero-order valence-corrected chi connectivity index (χ0v) is 19.7. The minimum atomic E-state index is -0.827. The number of amides is 1. The van der Waals surface area contributed by atoms with Crippen LogP contribution in [0.1, 0.15) is 35.2 Å². The van der Waals surface area contributed by atoms with Crippen molar-refractivity contribution >= 4 is 23.1 Å². The van der Waals surface area contributed by atoms with Gasteiger partial charge in [0.2, 0.25) is 0 Å². The van der Waals surface area contributed by atoms with Crippen LogP contribution in [-0.4, -0.2) is 30.5 Å². The van der Waals surface area contributed by atoms with E-state index in [9.17, 15) is 14.7 Å². The number of hydrogen-bond donors (Lipinski definition) is 1. The molecule has 1 aliphatic heterocycles. The first kappa shape index (κ1) is 23.1. The zero-order chi connectivity index (χ0) is 24.4. The molecule has 1 heterocycles.